The Morgan fingerprint density at radius 3 is 2.48 bits per heavy atom. The van der Waals surface area contributed by atoms with Crippen molar-refractivity contribution in [1.82, 2.24) is 5.32 Å². The summed E-state index contributed by atoms with van der Waals surface area (Å²) in [6.45, 7) is 0.368. The van der Waals surface area contributed by atoms with Crippen molar-refractivity contribution in [3.63, 3.8) is 0 Å². The predicted molar refractivity (Wildman–Crippen MR) is 101 cm³/mol. The summed E-state index contributed by atoms with van der Waals surface area (Å²) in [6, 6.07) is 19.0. The molecule has 0 aromatic heterocycles. The van der Waals surface area contributed by atoms with Gasteiger partial charge in [-0.05, 0) is 41.0 Å². The predicted octanol–water partition coefficient (Wildman–Crippen LogP) is 3.91. The van der Waals surface area contributed by atoms with Gasteiger partial charge in [0, 0.05) is 18.5 Å². The third-order valence-electron chi connectivity index (χ3n) is 4.69. The number of fused-ring (bicyclic) bond motifs is 1. The van der Waals surface area contributed by atoms with Crippen molar-refractivity contribution < 1.29 is 14.0 Å². The fourth-order valence-corrected chi connectivity index (χ4v) is 3.31. The average molecular weight is 360 g/mol. The summed E-state index contributed by atoms with van der Waals surface area (Å²) in [4.78, 5) is 24.8. The Morgan fingerprint density at radius 2 is 1.70 bits per heavy atom. The maximum Gasteiger partial charge on any atom is 0.255 e. The van der Waals surface area contributed by atoms with Crippen LogP contribution < -0.4 is 10.6 Å². The molecule has 4 nitrogen and oxygen atoms in total. The lowest BCUT2D eigenvalue weighted by atomic mass is 9.95. The molecule has 2 N–H and O–H groups in total. The van der Waals surface area contributed by atoms with Crippen molar-refractivity contribution in [2.45, 2.75) is 13.0 Å². The van der Waals surface area contributed by atoms with Crippen molar-refractivity contribution in [3.05, 3.63) is 100 Å². The van der Waals surface area contributed by atoms with Crippen LogP contribution in [-0.4, -0.2) is 11.8 Å². The lowest BCUT2D eigenvalue weighted by molar-refractivity contribution is 0.0966. The maximum absolute atomic E-state index is 14.0. The lowest BCUT2D eigenvalue weighted by Gasteiger charge is -2.13. The quantitative estimate of drug-likeness (QED) is 0.741. The molecule has 3 aromatic carbocycles. The molecule has 0 saturated carbocycles. The number of carbonyl (C=O) groups is 2. The Morgan fingerprint density at radius 1 is 0.963 bits per heavy atom. The highest BCUT2D eigenvalue weighted by Gasteiger charge is 2.26. The summed E-state index contributed by atoms with van der Waals surface area (Å²) in [6.07, 6.45) is 0.386. The van der Waals surface area contributed by atoms with E-state index in [1.54, 1.807) is 48.5 Å². The third-order valence-corrected chi connectivity index (χ3v) is 4.69. The molecule has 1 aliphatic heterocycles. The molecule has 0 aliphatic carbocycles. The number of amides is 2. The highest BCUT2D eigenvalue weighted by molar-refractivity contribution is 6.10. The average Bonchev–Trinajstić information content (AvgIpc) is 3.08. The first-order valence-electron chi connectivity index (χ1n) is 8.66. The molecule has 4 rings (SSSR count). The van der Waals surface area contributed by atoms with Crippen LogP contribution in [0.5, 0.6) is 0 Å². The Balaban J connectivity index is 1.67. The van der Waals surface area contributed by atoms with Gasteiger partial charge in [0.05, 0.1) is 11.3 Å². The monoisotopic (exact) mass is 360 g/mol. The third kappa shape index (κ3) is 3.31. The number of hydrogen-bond donors (Lipinski definition) is 2. The van der Waals surface area contributed by atoms with Crippen LogP contribution in [0, 0.1) is 5.82 Å². The van der Waals surface area contributed by atoms with E-state index in [2.05, 4.69) is 10.6 Å². The van der Waals surface area contributed by atoms with Gasteiger partial charge in [0.25, 0.3) is 11.8 Å². The van der Waals surface area contributed by atoms with Gasteiger partial charge in [-0.25, -0.2) is 4.39 Å². The molecule has 0 bridgehead atoms. The molecule has 134 valence electrons. The standard InChI is InChI=1S/C22H17FN2O2/c23-18-9-5-4-8-16(18)12-15-10-11-19(20-17(15)13-24-22(20)27)25-21(26)14-6-2-1-3-7-14/h1-11H,12-13H2,(H,24,27)(H,25,26). The topological polar surface area (TPSA) is 58.2 Å². The van der Waals surface area contributed by atoms with Crippen LogP contribution in [0.1, 0.15) is 37.4 Å². The number of halogens is 1. The molecule has 1 heterocycles. The van der Waals surface area contributed by atoms with Gasteiger partial charge in [-0.15, -0.1) is 0 Å². The second-order valence-corrected chi connectivity index (χ2v) is 6.40. The SMILES string of the molecule is O=C(Nc1ccc(Cc2ccccc2F)c2c1C(=O)NC2)c1ccccc1. The molecule has 0 saturated heterocycles. The highest BCUT2D eigenvalue weighted by atomic mass is 19.1. The molecular weight excluding hydrogens is 343 g/mol. The molecule has 5 heteroatoms. The van der Waals surface area contributed by atoms with E-state index in [0.717, 1.165) is 11.1 Å². The van der Waals surface area contributed by atoms with E-state index in [4.69, 9.17) is 0 Å². The Labute approximate surface area is 156 Å². The maximum atomic E-state index is 14.0. The second kappa shape index (κ2) is 7.03. The molecule has 3 aromatic rings. The largest absolute Gasteiger partial charge is 0.348 e. The molecule has 2 amide bonds. The fraction of sp³-hybridized carbons (Fsp3) is 0.0909. The number of anilines is 1. The van der Waals surface area contributed by atoms with Crippen LogP contribution in [0.25, 0.3) is 0 Å². The van der Waals surface area contributed by atoms with Gasteiger partial charge in [0.2, 0.25) is 0 Å². The van der Waals surface area contributed by atoms with Gasteiger partial charge in [-0.3, -0.25) is 9.59 Å². The first-order valence-corrected chi connectivity index (χ1v) is 8.66. The number of nitrogens with one attached hydrogen (secondary N) is 2. The zero-order chi connectivity index (χ0) is 18.8. The van der Waals surface area contributed by atoms with E-state index in [1.807, 2.05) is 12.1 Å². The summed E-state index contributed by atoms with van der Waals surface area (Å²) >= 11 is 0. The molecule has 0 unspecified atom stereocenters. The molecule has 1 aliphatic rings. The van der Waals surface area contributed by atoms with Gasteiger partial charge in [-0.1, -0.05) is 42.5 Å². The zero-order valence-corrected chi connectivity index (χ0v) is 14.5. The molecule has 27 heavy (non-hydrogen) atoms. The number of rotatable bonds is 4. The van der Waals surface area contributed by atoms with E-state index in [0.29, 0.717) is 35.3 Å². The first kappa shape index (κ1) is 17.0. The van der Waals surface area contributed by atoms with E-state index in [1.165, 1.54) is 6.07 Å². The Bertz CT molecular complexity index is 1030. The fourth-order valence-electron chi connectivity index (χ4n) is 3.31. The van der Waals surface area contributed by atoms with Crippen molar-refractivity contribution in [3.8, 4) is 0 Å². The van der Waals surface area contributed by atoms with E-state index >= 15 is 0 Å². The summed E-state index contributed by atoms with van der Waals surface area (Å²) in [5.41, 5.74) is 3.67. The van der Waals surface area contributed by atoms with Crippen molar-refractivity contribution in [1.29, 1.82) is 0 Å². The summed E-state index contributed by atoms with van der Waals surface area (Å²) < 4.78 is 14.0. The van der Waals surface area contributed by atoms with Crippen LogP contribution in [0.4, 0.5) is 10.1 Å². The molecule has 0 fully saturated rings. The van der Waals surface area contributed by atoms with Crippen LogP contribution in [0.2, 0.25) is 0 Å². The van der Waals surface area contributed by atoms with Crippen molar-refractivity contribution in [2.75, 3.05) is 5.32 Å². The lowest BCUT2D eigenvalue weighted by Crippen LogP contribution is -2.17. The minimum atomic E-state index is -0.278. The van der Waals surface area contributed by atoms with Crippen LogP contribution in [-0.2, 0) is 13.0 Å². The second-order valence-electron chi connectivity index (χ2n) is 6.40. The molecule has 0 radical (unpaired) electrons. The molecule has 0 atom stereocenters. The summed E-state index contributed by atoms with van der Waals surface area (Å²) in [7, 11) is 0. The number of carbonyl (C=O) groups excluding carboxylic acids is 2. The molecular formula is C22H17FN2O2. The smallest absolute Gasteiger partial charge is 0.255 e. The normalized spacial score (nSPS) is 12.4. The zero-order valence-electron chi connectivity index (χ0n) is 14.5. The summed E-state index contributed by atoms with van der Waals surface area (Å²) in [5, 5.41) is 5.61. The van der Waals surface area contributed by atoms with Crippen LogP contribution >= 0.6 is 0 Å². The van der Waals surface area contributed by atoms with Gasteiger partial charge < -0.3 is 10.6 Å². The summed E-state index contributed by atoms with van der Waals surface area (Å²) in [5.74, 6) is -0.784. The van der Waals surface area contributed by atoms with Crippen molar-refractivity contribution in [2.24, 2.45) is 0 Å². The Kier molecular flexibility index (Phi) is 4.42. The van der Waals surface area contributed by atoms with E-state index < -0.39 is 0 Å². The van der Waals surface area contributed by atoms with Crippen molar-refractivity contribution >= 4 is 17.5 Å². The van der Waals surface area contributed by atoms with Crippen LogP contribution in [0.15, 0.2) is 66.7 Å². The highest BCUT2D eigenvalue weighted by Crippen LogP contribution is 2.30. The number of hydrogen-bond acceptors (Lipinski definition) is 2. The number of benzene rings is 3. The minimum Gasteiger partial charge on any atom is -0.348 e. The Hall–Kier alpha value is -3.47. The van der Waals surface area contributed by atoms with Gasteiger partial charge in [0.15, 0.2) is 0 Å². The molecule has 0 spiro atoms. The van der Waals surface area contributed by atoms with E-state index in [-0.39, 0.29) is 17.6 Å². The van der Waals surface area contributed by atoms with Gasteiger partial charge in [0.1, 0.15) is 5.82 Å². The van der Waals surface area contributed by atoms with E-state index in [9.17, 15) is 14.0 Å². The minimum absolute atomic E-state index is 0.233. The first-order chi connectivity index (χ1) is 13.1. The van der Waals surface area contributed by atoms with Crippen LogP contribution in [0.3, 0.4) is 0 Å². The van der Waals surface area contributed by atoms with Gasteiger partial charge >= 0.3 is 0 Å². The van der Waals surface area contributed by atoms with Gasteiger partial charge in [-0.2, -0.15) is 0 Å².